The Bertz CT molecular complexity index is 445. The number of benzene rings is 1. The van der Waals surface area contributed by atoms with Gasteiger partial charge in [0.25, 0.3) is 0 Å². The third-order valence-electron chi connectivity index (χ3n) is 3.46. The molecule has 1 aromatic carbocycles. The van der Waals surface area contributed by atoms with Crippen molar-refractivity contribution in [2.75, 3.05) is 20.8 Å². The predicted molar refractivity (Wildman–Crippen MR) is 68.9 cm³/mol. The van der Waals surface area contributed by atoms with Gasteiger partial charge in [0, 0.05) is 25.1 Å². The van der Waals surface area contributed by atoms with Gasteiger partial charge in [-0.2, -0.15) is 0 Å². The summed E-state index contributed by atoms with van der Waals surface area (Å²) >= 11 is 0. The van der Waals surface area contributed by atoms with Crippen molar-refractivity contribution in [2.24, 2.45) is 0 Å². The van der Waals surface area contributed by atoms with E-state index in [1.807, 2.05) is 23.1 Å². The van der Waals surface area contributed by atoms with E-state index in [1.165, 1.54) is 0 Å². The number of methoxy groups -OCH3 is 2. The molecule has 0 aliphatic carbocycles. The van der Waals surface area contributed by atoms with E-state index in [1.54, 1.807) is 21.1 Å². The lowest BCUT2D eigenvalue weighted by atomic mass is 10.0. The molecule has 0 N–H and O–H groups in total. The van der Waals surface area contributed by atoms with Gasteiger partial charge in [-0.1, -0.05) is 0 Å². The second-order valence-electron chi connectivity index (χ2n) is 4.48. The Morgan fingerprint density at radius 2 is 2.11 bits per heavy atom. The Morgan fingerprint density at radius 1 is 1.33 bits per heavy atom. The minimum atomic E-state index is 0.121. The van der Waals surface area contributed by atoms with E-state index < -0.39 is 0 Å². The summed E-state index contributed by atoms with van der Waals surface area (Å²) in [4.78, 5) is 13.5. The number of ether oxygens (including phenoxy) is 2. The zero-order valence-electron chi connectivity index (χ0n) is 11.1. The van der Waals surface area contributed by atoms with Crippen LogP contribution in [-0.4, -0.2) is 31.6 Å². The maximum absolute atomic E-state index is 11.6. The number of carbonyl (C=O) groups is 1. The summed E-state index contributed by atoms with van der Waals surface area (Å²) in [6.07, 6.45) is 2.03. The van der Waals surface area contributed by atoms with E-state index in [2.05, 4.69) is 0 Å². The predicted octanol–water partition coefficient (Wildman–Crippen LogP) is 2.39. The summed E-state index contributed by atoms with van der Waals surface area (Å²) in [6.45, 7) is 2.45. The van der Waals surface area contributed by atoms with Gasteiger partial charge in [-0.15, -0.1) is 0 Å². The molecule has 1 aromatic rings. The van der Waals surface area contributed by atoms with Crippen LogP contribution in [0.15, 0.2) is 18.2 Å². The average Bonchev–Trinajstić information content (AvgIpc) is 2.87. The third kappa shape index (κ3) is 2.28. The van der Waals surface area contributed by atoms with Crippen LogP contribution in [0, 0.1) is 0 Å². The first-order chi connectivity index (χ1) is 8.67. The minimum Gasteiger partial charge on any atom is -0.497 e. The van der Waals surface area contributed by atoms with Crippen molar-refractivity contribution in [2.45, 2.75) is 25.8 Å². The van der Waals surface area contributed by atoms with Crippen molar-refractivity contribution in [3.05, 3.63) is 23.8 Å². The van der Waals surface area contributed by atoms with Crippen LogP contribution in [0.3, 0.4) is 0 Å². The van der Waals surface area contributed by atoms with Crippen LogP contribution in [0.2, 0.25) is 0 Å². The first kappa shape index (κ1) is 12.7. The number of likely N-dealkylation sites (tertiary alicyclic amines) is 1. The highest BCUT2D eigenvalue weighted by Crippen LogP contribution is 2.38. The van der Waals surface area contributed by atoms with Gasteiger partial charge in [0.2, 0.25) is 5.91 Å². The highest BCUT2D eigenvalue weighted by Gasteiger charge is 2.30. The summed E-state index contributed by atoms with van der Waals surface area (Å²) in [5.74, 6) is 1.67. The van der Waals surface area contributed by atoms with E-state index in [0.717, 1.165) is 36.4 Å². The molecular weight excluding hydrogens is 230 g/mol. The molecule has 1 heterocycles. The van der Waals surface area contributed by atoms with Gasteiger partial charge in [-0.3, -0.25) is 4.79 Å². The summed E-state index contributed by atoms with van der Waals surface area (Å²) in [5, 5.41) is 0. The minimum absolute atomic E-state index is 0.121. The molecule has 0 aromatic heterocycles. The molecule has 18 heavy (non-hydrogen) atoms. The molecule has 98 valence electrons. The molecule has 0 radical (unpaired) electrons. The number of rotatable bonds is 3. The van der Waals surface area contributed by atoms with Gasteiger partial charge in [0.15, 0.2) is 0 Å². The van der Waals surface area contributed by atoms with Gasteiger partial charge in [-0.25, -0.2) is 0 Å². The van der Waals surface area contributed by atoms with Crippen molar-refractivity contribution in [1.29, 1.82) is 0 Å². The van der Waals surface area contributed by atoms with Crippen LogP contribution in [0.5, 0.6) is 11.5 Å². The number of carbonyl (C=O) groups excluding carboxylic acids is 1. The van der Waals surface area contributed by atoms with Crippen LogP contribution >= 0.6 is 0 Å². The molecule has 1 saturated heterocycles. The van der Waals surface area contributed by atoms with E-state index in [-0.39, 0.29) is 11.9 Å². The van der Waals surface area contributed by atoms with E-state index in [0.29, 0.717) is 0 Å². The molecule has 4 heteroatoms. The fraction of sp³-hybridized carbons (Fsp3) is 0.500. The summed E-state index contributed by atoms with van der Waals surface area (Å²) in [7, 11) is 3.28. The highest BCUT2D eigenvalue weighted by atomic mass is 16.5. The Labute approximate surface area is 107 Å². The van der Waals surface area contributed by atoms with Gasteiger partial charge in [-0.05, 0) is 25.0 Å². The maximum Gasteiger partial charge on any atom is 0.219 e. The highest BCUT2D eigenvalue weighted by molar-refractivity contribution is 5.74. The molecule has 1 amide bonds. The molecule has 1 atom stereocenters. The number of hydrogen-bond acceptors (Lipinski definition) is 3. The zero-order valence-corrected chi connectivity index (χ0v) is 11.1. The smallest absolute Gasteiger partial charge is 0.219 e. The molecular formula is C14H19NO3. The first-order valence-electron chi connectivity index (χ1n) is 6.16. The molecule has 4 nitrogen and oxygen atoms in total. The van der Waals surface area contributed by atoms with Crippen molar-refractivity contribution >= 4 is 5.91 Å². The van der Waals surface area contributed by atoms with E-state index >= 15 is 0 Å². The van der Waals surface area contributed by atoms with Crippen molar-refractivity contribution in [3.8, 4) is 11.5 Å². The van der Waals surface area contributed by atoms with Crippen LogP contribution < -0.4 is 9.47 Å². The summed E-state index contributed by atoms with van der Waals surface area (Å²) < 4.78 is 10.6. The Kier molecular flexibility index (Phi) is 3.75. The quantitative estimate of drug-likeness (QED) is 0.825. The average molecular weight is 249 g/mol. The second-order valence-corrected chi connectivity index (χ2v) is 4.48. The molecule has 2 rings (SSSR count). The van der Waals surface area contributed by atoms with Gasteiger partial charge in [0.1, 0.15) is 11.5 Å². The lowest BCUT2D eigenvalue weighted by Gasteiger charge is -2.25. The Balaban J connectivity index is 2.35. The first-order valence-corrected chi connectivity index (χ1v) is 6.16. The van der Waals surface area contributed by atoms with Gasteiger partial charge < -0.3 is 14.4 Å². The molecule has 0 unspecified atom stereocenters. The van der Waals surface area contributed by atoms with Crippen molar-refractivity contribution in [1.82, 2.24) is 4.90 Å². The molecule has 1 fully saturated rings. The van der Waals surface area contributed by atoms with E-state index in [9.17, 15) is 4.79 Å². The normalized spacial score (nSPS) is 18.8. The number of hydrogen-bond donors (Lipinski definition) is 0. The van der Waals surface area contributed by atoms with Crippen LogP contribution in [0.25, 0.3) is 0 Å². The topological polar surface area (TPSA) is 38.8 Å². The lowest BCUT2D eigenvalue weighted by molar-refractivity contribution is -0.129. The van der Waals surface area contributed by atoms with Crippen LogP contribution in [0.4, 0.5) is 0 Å². The molecule has 1 aliphatic rings. The number of amides is 1. The van der Waals surface area contributed by atoms with Crippen LogP contribution in [0.1, 0.15) is 31.4 Å². The third-order valence-corrected chi connectivity index (χ3v) is 3.46. The fourth-order valence-corrected chi connectivity index (χ4v) is 2.56. The molecule has 1 aliphatic heterocycles. The Hall–Kier alpha value is -1.71. The standard InChI is InChI=1S/C14H19NO3/c1-10(16)15-8-4-5-13(15)12-7-6-11(17-2)9-14(12)18-3/h6-7,9,13H,4-5,8H2,1-3H3/t13-/m0/s1. The van der Waals surface area contributed by atoms with Crippen molar-refractivity contribution in [3.63, 3.8) is 0 Å². The van der Waals surface area contributed by atoms with E-state index in [4.69, 9.17) is 9.47 Å². The molecule has 0 bridgehead atoms. The fourth-order valence-electron chi connectivity index (χ4n) is 2.56. The van der Waals surface area contributed by atoms with Gasteiger partial charge in [0.05, 0.1) is 20.3 Å². The largest absolute Gasteiger partial charge is 0.497 e. The number of nitrogens with zero attached hydrogens (tertiary/aromatic N) is 1. The zero-order chi connectivity index (χ0) is 13.1. The van der Waals surface area contributed by atoms with Crippen molar-refractivity contribution < 1.29 is 14.3 Å². The van der Waals surface area contributed by atoms with Crippen LogP contribution in [-0.2, 0) is 4.79 Å². The monoisotopic (exact) mass is 249 g/mol. The Morgan fingerprint density at radius 3 is 2.72 bits per heavy atom. The van der Waals surface area contributed by atoms with Gasteiger partial charge >= 0.3 is 0 Å². The molecule has 0 saturated carbocycles. The lowest BCUT2D eigenvalue weighted by Crippen LogP contribution is -2.28. The molecule has 0 spiro atoms. The SMILES string of the molecule is COc1ccc([C@@H]2CCCN2C(C)=O)c(OC)c1. The summed E-state index contributed by atoms with van der Waals surface area (Å²) in [5.41, 5.74) is 1.06. The second kappa shape index (κ2) is 5.29. The summed E-state index contributed by atoms with van der Waals surface area (Å²) in [6, 6.07) is 5.90. The maximum atomic E-state index is 11.6.